The van der Waals surface area contributed by atoms with Crippen LogP contribution in [0.1, 0.15) is 12.8 Å². The van der Waals surface area contributed by atoms with Crippen LogP contribution >= 0.6 is 0 Å². The summed E-state index contributed by atoms with van der Waals surface area (Å²) in [7, 11) is 1.66. The first-order chi connectivity index (χ1) is 11.3. The molecule has 0 aromatic carbocycles. The Morgan fingerprint density at radius 1 is 1.29 bits per heavy atom. The number of carbonyl (C=O) groups excluding carboxylic acids is 1. The largest absolute Gasteiger partial charge is 0.348 e. The predicted octanol–water partition coefficient (Wildman–Crippen LogP) is -0.407. The number of piperidine rings is 1. The smallest absolute Gasteiger partial charge is 0.246 e. The summed E-state index contributed by atoms with van der Waals surface area (Å²) in [6.45, 7) is 2.25. The van der Waals surface area contributed by atoms with Gasteiger partial charge in [-0.2, -0.15) is 9.40 Å². The first-order valence-electron chi connectivity index (χ1n) is 8.20. The Bertz CT molecular complexity index is 714. The molecular weight excluding hydrogens is 330 g/mol. The summed E-state index contributed by atoms with van der Waals surface area (Å²) in [5.74, 6) is 0.322. The Morgan fingerprint density at radius 3 is 2.67 bits per heavy atom. The van der Waals surface area contributed by atoms with E-state index in [1.54, 1.807) is 36.5 Å². The van der Waals surface area contributed by atoms with Gasteiger partial charge in [0.05, 0.1) is 12.7 Å². The van der Waals surface area contributed by atoms with E-state index in [9.17, 15) is 13.2 Å². The number of aromatic nitrogens is 2. The zero-order chi connectivity index (χ0) is 17.5. The first kappa shape index (κ1) is 17.4. The van der Waals surface area contributed by atoms with Gasteiger partial charge in [-0.3, -0.25) is 14.4 Å². The van der Waals surface area contributed by atoms with E-state index >= 15 is 0 Å². The Kier molecular flexibility index (Phi) is 4.67. The molecule has 1 amide bonds. The number of carbonyl (C=O) groups is 1. The van der Waals surface area contributed by atoms with Crippen molar-refractivity contribution in [1.82, 2.24) is 23.9 Å². The van der Waals surface area contributed by atoms with Crippen LogP contribution in [0.15, 0.2) is 17.3 Å². The summed E-state index contributed by atoms with van der Waals surface area (Å²) in [6, 6.07) is -0.0797. The highest BCUT2D eigenvalue weighted by molar-refractivity contribution is 7.89. The summed E-state index contributed by atoms with van der Waals surface area (Å²) < 4.78 is 29.0. The van der Waals surface area contributed by atoms with Gasteiger partial charge in [0, 0.05) is 53.0 Å². The molecule has 1 aromatic heterocycles. The van der Waals surface area contributed by atoms with Gasteiger partial charge in [0.1, 0.15) is 4.90 Å². The van der Waals surface area contributed by atoms with E-state index in [1.807, 2.05) is 0 Å². The summed E-state index contributed by atoms with van der Waals surface area (Å²) in [4.78, 5) is 15.9. The van der Waals surface area contributed by atoms with Crippen molar-refractivity contribution in [3.8, 4) is 0 Å². The maximum absolute atomic E-state index is 13.0. The number of nitrogens with zero attached hydrogens (tertiary/aromatic N) is 5. The van der Waals surface area contributed by atoms with Crippen molar-refractivity contribution in [2.45, 2.75) is 23.8 Å². The van der Waals surface area contributed by atoms with Gasteiger partial charge in [-0.15, -0.1) is 0 Å². The maximum Gasteiger partial charge on any atom is 0.246 e. The highest BCUT2D eigenvalue weighted by Crippen LogP contribution is 2.32. The lowest BCUT2D eigenvalue weighted by molar-refractivity contribution is -0.129. The summed E-state index contributed by atoms with van der Waals surface area (Å²) in [5, 5.41) is 3.99. The SMILES string of the molecule is CN(C)C(=O)CN1C[C@H]2CC[C@@H](C1)N(S(=O)(=O)c1cnn(C)c1)C2. The van der Waals surface area contributed by atoms with Gasteiger partial charge in [-0.25, -0.2) is 8.42 Å². The minimum atomic E-state index is -3.54. The Balaban J connectivity index is 1.79. The standard InChI is InChI=1S/C15H25N5O3S/c1-17(2)15(21)11-19-7-12-4-5-13(9-19)20(8-12)24(22,23)14-6-16-18(3)10-14/h6,10,12-13H,4-5,7-9,11H2,1-3H3/t12-,13+/m1/s1. The number of amides is 1. The molecule has 4 rings (SSSR count). The molecule has 3 saturated heterocycles. The predicted molar refractivity (Wildman–Crippen MR) is 88.7 cm³/mol. The minimum Gasteiger partial charge on any atom is -0.348 e. The van der Waals surface area contributed by atoms with E-state index in [4.69, 9.17) is 0 Å². The molecule has 0 unspecified atom stereocenters. The molecule has 2 atom stereocenters. The lowest BCUT2D eigenvalue weighted by atomic mass is 9.97. The van der Waals surface area contributed by atoms with Crippen LogP contribution in [-0.4, -0.2) is 84.5 Å². The summed E-state index contributed by atoms with van der Waals surface area (Å²) >= 11 is 0. The second kappa shape index (κ2) is 6.45. The molecule has 3 aliphatic rings. The van der Waals surface area contributed by atoms with Crippen molar-refractivity contribution in [3.63, 3.8) is 0 Å². The molecule has 0 aliphatic carbocycles. The molecule has 1 aromatic rings. The van der Waals surface area contributed by atoms with Crippen molar-refractivity contribution in [2.24, 2.45) is 13.0 Å². The topological polar surface area (TPSA) is 78.8 Å². The van der Waals surface area contributed by atoms with Crippen molar-refractivity contribution < 1.29 is 13.2 Å². The van der Waals surface area contributed by atoms with Gasteiger partial charge in [-0.1, -0.05) is 0 Å². The minimum absolute atomic E-state index is 0.0537. The molecule has 2 bridgehead atoms. The molecule has 8 nitrogen and oxygen atoms in total. The van der Waals surface area contributed by atoms with E-state index in [0.717, 1.165) is 19.4 Å². The Labute approximate surface area is 143 Å². The summed E-state index contributed by atoms with van der Waals surface area (Å²) in [6.07, 6.45) is 4.80. The number of fused-ring (bicyclic) bond motifs is 4. The number of rotatable bonds is 4. The van der Waals surface area contributed by atoms with Crippen LogP contribution in [0.25, 0.3) is 0 Å². The highest BCUT2D eigenvalue weighted by Gasteiger charge is 2.41. The molecule has 134 valence electrons. The fraction of sp³-hybridized carbons (Fsp3) is 0.733. The lowest BCUT2D eigenvalue weighted by Gasteiger charge is -2.34. The number of aryl methyl sites for hydroxylation is 1. The van der Waals surface area contributed by atoms with Crippen molar-refractivity contribution >= 4 is 15.9 Å². The molecule has 4 heterocycles. The second-order valence-electron chi connectivity index (χ2n) is 7.00. The Morgan fingerprint density at radius 2 is 2.04 bits per heavy atom. The average molecular weight is 355 g/mol. The third kappa shape index (κ3) is 3.33. The lowest BCUT2D eigenvalue weighted by Crippen LogP contribution is -2.47. The van der Waals surface area contributed by atoms with Gasteiger partial charge >= 0.3 is 0 Å². The second-order valence-corrected chi connectivity index (χ2v) is 8.89. The zero-order valence-corrected chi connectivity index (χ0v) is 15.2. The number of hydrogen-bond donors (Lipinski definition) is 0. The van der Waals surface area contributed by atoms with Crippen LogP contribution in [-0.2, 0) is 21.9 Å². The number of hydrogen-bond acceptors (Lipinski definition) is 5. The number of likely N-dealkylation sites (N-methyl/N-ethyl adjacent to an activating group) is 1. The molecule has 0 N–H and O–H groups in total. The molecule has 24 heavy (non-hydrogen) atoms. The van der Waals surface area contributed by atoms with Gasteiger partial charge in [0.15, 0.2) is 0 Å². The van der Waals surface area contributed by atoms with Crippen LogP contribution in [0.5, 0.6) is 0 Å². The van der Waals surface area contributed by atoms with Crippen molar-refractivity contribution in [2.75, 3.05) is 40.3 Å². The third-order valence-corrected chi connectivity index (χ3v) is 6.76. The molecule has 9 heteroatoms. The molecule has 3 aliphatic heterocycles. The normalized spacial score (nSPS) is 25.6. The molecule has 3 fully saturated rings. The van der Waals surface area contributed by atoms with E-state index in [-0.39, 0.29) is 22.8 Å². The van der Waals surface area contributed by atoms with Crippen LogP contribution in [0.4, 0.5) is 0 Å². The Hall–Kier alpha value is -1.45. The van der Waals surface area contributed by atoms with Crippen LogP contribution in [0.2, 0.25) is 0 Å². The van der Waals surface area contributed by atoms with E-state index in [0.29, 0.717) is 19.6 Å². The number of sulfonamides is 1. The fourth-order valence-corrected chi connectivity index (χ4v) is 5.27. The molecule has 0 radical (unpaired) electrons. The molecule has 0 saturated carbocycles. The zero-order valence-electron chi connectivity index (χ0n) is 14.4. The first-order valence-corrected chi connectivity index (χ1v) is 9.64. The molecular formula is C15H25N5O3S. The van der Waals surface area contributed by atoms with E-state index in [2.05, 4.69) is 10.00 Å². The van der Waals surface area contributed by atoms with E-state index < -0.39 is 10.0 Å². The van der Waals surface area contributed by atoms with Crippen LogP contribution < -0.4 is 0 Å². The fourth-order valence-electron chi connectivity index (χ4n) is 3.56. The van der Waals surface area contributed by atoms with Gasteiger partial charge < -0.3 is 4.90 Å². The monoisotopic (exact) mass is 355 g/mol. The quantitative estimate of drug-likeness (QED) is 0.734. The molecule has 0 spiro atoms. The van der Waals surface area contributed by atoms with Crippen LogP contribution in [0, 0.1) is 5.92 Å². The third-order valence-electron chi connectivity index (χ3n) is 4.88. The maximum atomic E-state index is 13.0. The van der Waals surface area contributed by atoms with E-state index in [1.165, 1.54) is 10.9 Å². The highest BCUT2D eigenvalue weighted by atomic mass is 32.2. The van der Waals surface area contributed by atoms with Gasteiger partial charge in [-0.05, 0) is 18.8 Å². The van der Waals surface area contributed by atoms with Gasteiger partial charge in [0.2, 0.25) is 15.9 Å². The van der Waals surface area contributed by atoms with Crippen molar-refractivity contribution in [3.05, 3.63) is 12.4 Å². The van der Waals surface area contributed by atoms with Crippen LogP contribution in [0.3, 0.4) is 0 Å². The van der Waals surface area contributed by atoms with Crippen molar-refractivity contribution in [1.29, 1.82) is 0 Å². The summed E-state index contributed by atoms with van der Waals surface area (Å²) in [5.41, 5.74) is 0. The van der Waals surface area contributed by atoms with Gasteiger partial charge in [0.25, 0.3) is 0 Å². The average Bonchev–Trinajstić information content (AvgIpc) is 2.77.